The average Bonchev–Trinajstić information content (AvgIpc) is 2.94. The number of aliphatic carboxylic acids is 1. The van der Waals surface area contributed by atoms with E-state index >= 15 is 0 Å². The third-order valence-electron chi connectivity index (χ3n) is 2.83. The maximum atomic E-state index is 12.2. The number of nitrogens with one attached hydrogen (secondary N) is 1. The molecule has 9 heteroatoms. The van der Waals surface area contributed by atoms with Crippen LogP contribution in [0.15, 0.2) is 5.38 Å². The molecule has 8 nitrogen and oxygen atoms in total. The van der Waals surface area contributed by atoms with Crippen LogP contribution in [0.2, 0.25) is 0 Å². The van der Waals surface area contributed by atoms with Crippen LogP contribution in [0.3, 0.4) is 0 Å². The van der Waals surface area contributed by atoms with Gasteiger partial charge in [0.2, 0.25) is 5.91 Å². The quantitative estimate of drug-likeness (QED) is 0.708. The third kappa shape index (κ3) is 2.94. The lowest BCUT2D eigenvalue weighted by Crippen LogP contribution is -2.40. The van der Waals surface area contributed by atoms with E-state index in [0.717, 1.165) is 16.2 Å². The molecule has 1 aliphatic heterocycles. The number of hydrogen-bond acceptors (Lipinski definition) is 6. The van der Waals surface area contributed by atoms with Crippen LogP contribution < -0.4 is 5.32 Å². The Morgan fingerprint density at radius 2 is 2.20 bits per heavy atom. The predicted octanol–water partition coefficient (Wildman–Crippen LogP) is -0.239. The Kier molecular flexibility index (Phi) is 4.00. The number of carbonyl (C=O) groups excluding carboxylic acids is 2. The summed E-state index contributed by atoms with van der Waals surface area (Å²) in [6.45, 7) is 1.28. The summed E-state index contributed by atoms with van der Waals surface area (Å²) >= 11 is 1.07. The summed E-state index contributed by atoms with van der Waals surface area (Å²) in [7, 11) is 0. The summed E-state index contributed by atoms with van der Waals surface area (Å²) in [4.78, 5) is 39.2. The van der Waals surface area contributed by atoms with Gasteiger partial charge in [-0.15, -0.1) is 11.3 Å². The van der Waals surface area contributed by atoms with E-state index in [-0.39, 0.29) is 29.7 Å². The van der Waals surface area contributed by atoms with Crippen molar-refractivity contribution < 1.29 is 24.6 Å². The number of likely N-dealkylation sites (tertiary alicyclic amines) is 1. The fourth-order valence-electron chi connectivity index (χ4n) is 2.00. The van der Waals surface area contributed by atoms with Crippen LogP contribution in [-0.4, -0.2) is 56.6 Å². The number of carboxylic acid groups (broad SMARTS) is 1. The summed E-state index contributed by atoms with van der Waals surface area (Å²) in [6.07, 6.45) is -0.850. The molecule has 108 valence electrons. The highest BCUT2D eigenvalue weighted by molar-refractivity contribution is 7.14. The summed E-state index contributed by atoms with van der Waals surface area (Å²) in [5.74, 6) is -2.03. The van der Waals surface area contributed by atoms with Crippen molar-refractivity contribution in [1.82, 2.24) is 9.88 Å². The maximum absolute atomic E-state index is 12.2. The SMILES string of the molecule is CC(=O)Nc1nc(C(=O)N2C[C@H](O)C[C@H]2C(=O)O)cs1. The average molecular weight is 299 g/mol. The number of thiazole rings is 1. The molecule has 2 heterocycles. The molecule has 0 aromatic carbocycles. The fourth-order valence-corrected chi connectivity index (χ4v) is 2.73. The number of aliphatic hydroxyl groups excluding tert-OH is 1. The highest BCUT2D eigenvalue weighted by atomic mass is 32.1. The van der Waals surface area contributed by atoms with Crippen molar-refractivity contribution in [3.8, 4) is 0 Å². The van der Waals surface area contributed by atoms with E-state index in [1.54, 1.807) is 0 Å². The van der Waals surface area contributed by atoms with Crippen LogP contribution in [0.1, 0.15) is 23.8 Å². The van der Waals surface area contributed by atoms with Gasteiger partial charge < -0.3 is 20.4 Å². The monoisotopic (exact) mass is 299 g/mol. The van der Waals surface area contributed by atoms with E-state index < -0.39 is 24.0 Å². The number of hydrogen-bond donors (Lipinski definition) is 3. The first-order chi connectivity index (χ1) is 9.38. The van der Waals surface area contributed by atoms with E-state index in [2.05, 4.69) is 10.3 Å². The molecule has 0 aliphatic carbocycles. The summed E-state index contributed by atoms with van der Waals surface area (Å²) in [5, 5.41) is 22.7. The normalized spacial score (nSPS) is 21.8. The Morgan fingerprint density at radius 3 is 2.80 bits per heavy atom. The van der Waals surface area contributed by atoms with Gasteiger partial charge in [-0.3, -0.25) is 9.59 Å². The number of anilines is 1. The van der Waals surface area contributed by atoms with Crippen LogP contribution >= 0.6 is 11.3 Å². The zero-order chi connectivity index (χ0) is 14.9. The highest BCUT2D eigenvalue weighted by Gasteiger charge is 2.39. The number of aliphatic hydroxyl groups is 1. The lowest BCUT2D eigenvalue weighted by atomic mass is 10.2. The first-order valence-electron chi connectivity index (χ1n) is 5.83. The lowest BCUT2D eigenvalue weighted by molar-refractivity contribution is -0.141. The van der Waals surface area contributed by atoms with Crippen LogP contribution in [0.4, 0.5) is 5.13 Å². The van der Waals surface area contributed by atoms with Gasteiger partial charge in [-0.2, -0.15) is 0 Å². The number of carbonyl (C=O) groups is 3. The summed E-state index contributed by atoms with van der Waals surface area (Å²) in [6, 6.07) is -1.05. The number of β-amino-alcohol motifs (C(OH)–C–C–N with tert-alkyl or cyclic N) is 1. The summed E-state index contributed by atoms with van der Waals surface area (Å²) < 4.78 is 0. The lowest BCUT2D eigenvalue weighted by Gasteiger charge is -2.19. The molecule has 2 rings (SSSR count). The van der Waals surface area contributed by atoms with Crippen molar-refractivity contribution in [2.45, 2.75) is 25.5 Å². The molecule has 0 bridgehead atoms. The zero-order valence-corrected chi connectivity index (χ0v) is 11.4. The largest absolute Gasteiger partial charge is 0.480 e. The molecule has 2 atom stereocenters. The molecule has 0 saturated carbocycles. The molecule has 1 aromatic heterocycles. The van der Waals surface area contributed by atoms with Crippen molar-refractivity contribution in [3.05, 3.63) is 11.1 Å². The molecule has 1 aliphatic rings. The number of rotatable bonds is 3. The van der Waals surface area contributed by atoms with Gasteiger partial charge in [0, 0.05) is 25.3 Å². The first kappa shape index (κ1) is 14.4. The minimum absolute atomic E-state index is 0.00373. The standard InChI is InChI=1S/C11H13N3O5S/c1-5(15)12-11-13-7(4-20-11)9(17)14-3-6(16)2-8(14)10(18)19/h4,6,8,16H,2-3H2,1H3,(H,18,19)(H,12,13,15)/t6-,8+/m1/s1. The molecule has 20 heavy (non-hydrogen) atoms. The third-order valence-corrected chi connectivity index (χ3v) is 3.59. The second-order valence-electron chi connectivity index (χ2n) is 4.42. The van der Waals surface area contributed by atoms with Gasteiger partial charge in [0.05, 0.1) is 6.10 Å². The second-order valence-corrected chi connectivity index (χ2v) is 5.28. The maximum Gasteiger partial charge on any atom is 0.326 e. The van der Waals surface area contributed by atoms with Crippen molar-refractivity contribution in [3.63, 3.8) is 0 Å². The number of aromatic nitrogens is 1. The van der Waals surface area contributed by atoms with Crippen molar-refractivity contribution in [2.75, 3.05) is 11.9 Å². The van der Waals surface area contributed by atoms with Crippen LogP contribution in [0.25, 0.3) is 0 Å². The Morgan fingerprint density at radius 1 is 1.50 bits per heavy atom. The van der Waals surface area contributed by atoms with Crippen molar-refractivity contribution >= 4 is 34.3 Å². The van der Waals surface area contributed by atoms with Crippen LogP contribution in [0.5, 0.6) is 0 Å². The highest BCUT2D eigenvalue weighted by Crippen LogP contribution is 2.23. The van der Waals surface area contributed by atoms with E-state index in [0.29, 0.717) is 0 Å². The van der Waals surface area contributed by atoms with E-state index in [4.69, 9.17) is 5.11 Å². The van der Waals surface area contributed by atoms with Gasteiger partial charge in [-0.1, -0.05) is 0 Å². The van der Waals surface area contributed by atoms with Crippen molar-refractivity contribution in [1.29, 1.82) is 0 Å². The van der Waals surface area contributed by atoms with Gasteiger partial charge in [-0.05, 0) is 0 Å². The number of nitrogens with zero attached hydrogens (tertiary/aromatic N) is 2. The zero-order valence-electron chi connectivity index (χ0n) is 10.6. The Bertz CT molecular complexity index is 558. The molecule has 1 fully saturated rings. The van der Waals surface area contributed by atoms with E-state index in [1.807, 2.05) is 0 Å². The molecular weight excluding hydrogens is 286 g/mol. The number of carboxylic acids is 1. The fraction of sp³-hybridized carbons (Fsp3) is 0.455. The Hall–Kier alpha value is -2.00. The molecule has 0 radical (unpaired) electrons. The van der Waals surface area contributed by atoms with Gasteiger partial charge >= 0.3 is 5.97 Å². The van der Waals surface area contributed by atoms with Crippen LogP contribution in [-0.2, 0) is 9.59 Å². The minimum Gasteiger partial charge on any atom is -0.480 e. The van der Waals surface area contributed by atoms with E-state index in [9.17, 15) is 19.5 Å². The topological polar surface area (TPSA) is 120 Å². The van der Waals surface area contributed by atoms with Crippen LogP contribution in [0, 0.1) is 0 Å². The molecule has 1 aromatic rings. The van der Waals surface area contributed by atoms with Crippen molar-refractivity contribution in [2.24, 2.45) is 0 Å². The smallest absolute Gasteiger partial charge is 0.326 e. The van der Waals surface area contributed by atoms with E-state index in [1.165, 1.54) is 12.3 Å². The number of amides is 2. The molecule has 1 saturated heterocycles. The summed E-state index contributed by atoms with van der Waals surface area (Å²) in [5.41, 5.74) is 0.0547. The predicted molar refractivity (Wildman–Crippen MR) is 69.5 cm³/mol. The molecular formula is C11H13N3O5S. The first-order valence-corrected chi connectivity index (χ1v) is 6.71. The molecule has 3 N–H and O–H groups in total. The molecule has 0 unspecified atom stereocenters. The second kappa shape index (κ2) is 5.55. The Labute approximate surface area is 118 Å². The van der Waals surface area contributed by atoms with Gasteiger partial charge in [0.15, 0.2) is 5.13 Å². The van der Waals surface area contributed by atoms with Gasteiger partial charge in [0.25, 0.3) is 5.91 Å². The van der Waals surface area contributed by atoms with Gasteiger partial charge in [-0.25, -0.2) is 9.78 Å². The molecule has 2 amide bonds. The van der Waals surface area contributed by atoms with Gasteiger partial charge in [0.1, 0.15) is 11.7 Å². The molecule has 0 spiro atoms. The minimum atomic E-state index is -1.16. The Balaban J connectivity index is 2.16.